The topological polar surface area (TPSA) is 76.4 Å². The summed E-state index contributed by atoms with van der Waals surface area (Å²) in [6.45, 7) is 0.330. The van der Waals surface area contributed by atoms with E-state index in [4.69, 9.17) is 0 Å². The van der Waals surface area contributed by atoms with Gasteiger partial charge in [-0.25, -0.2) is 4.98 Å². The van der Waals surface area contributed by atoms with Gasteiger partial charge in [0.1, 0.15) is 5.56 Å². The third-order valence-corrected chi connectivity index (χ3v) is 5.38. The number of aromatic nitrogens is 3. The van der Waals surface area contributed by atoms with E-state index in [1.54, 1.807) is 28.1 Å². The number of fused-ring (bicyclic) bond motifs is 3. The van der Waals surface area contributed by atoms with Crippen LogP contribution in [-0.2, 0) is 19.4 Å². The molecule has 3 heterocycles. The van der Waals surface area contributed by atoms with Gasteiger partial charge in [-0.05, 0) is 37.3 Å². The number of nitrogens with zero attached hydrogens (tertiary/aromatic N) is 3. The lowest BCUT2D eigenvalue weighted by atomic mass is 10.0. The number of amides is 1. The molecule has 122 valence electrons. The summed E-state index contributed by atoms with van der Waals surface area (Å²) in [6.07, 6.45) is 8.83. The molecule has 0 aromatic carbocycles. The SMILES string of the molecule is O=C(NCc1cccnc1)c1cnc2sc3c(n2c1=O)CCCC3. The normalized spacial score (nSPS) is 13.7. The van der Waals surface area contributed by atoms with Crippen molar-refractivity contribution in [3.8, 4) is 0 Å². The zero-order chi connectivity index (χ0) is 16.5. The van der Waals surface area contributed by atoms with Gasteiger partial charge < -0.3 is 5.32 Å². The molecule has 0 atom stereocenters. The predicted octanol–water partition coefficient (Wildman–Crippen LogP) is 1.96. The van der Waals surface area contributed by atoms with Gasteiger partial charge in [-0.15, -0.1) is 11.3 Å². The van der Waals surface area contributed by atoms with Crippen molar-refractivity contribution in [2.45, 2.75) is 32.2 Å². The molecule has 1 aliphatic carbocycles. The maximum atomic E-state index is 12.8. The molecule has 3 aromatic heterocycles. The van der Waals surface area contributed by atoms with Gasteiger partial charge in [-0.3, -0.25) is 19.0 Å². The van der Waals surface area contributed by atoms with Crippen molar-refractivity contribution < 1.29 is 4.79 Å². The number of pyridine rings is 1. The van der Waals surface area contributed by atoms with Crippen LogP contribution in [0.3, 0.4) is 0 Å². The highest BCUT2D eigenvalue weighted by Gasteiger charge is 2.21. The van der Waals surface area contributed by atoms with E-state index < -0.39 is 5.91 Å². The Hall–Kier alpha value is -2.54. The monoisotopic (exact) mass is 340 g/mol. The molecule has 0 spiro atoms. The molecule has 1 aliphatic rings. The van der Waals surface area contributed by atoms with Crippen LogP contribution in [0.1, 0.15) is 39.3 Å². The standard InChI is InChI=1S/C17H16N4O2S/c22-15(19-9-11-4-3-7-18-8-11)12-10-20-17-21(16(12)23)13-5-1-2-6-14(13)24-17/h3-4,7-8,10H,1-2,5-6,9H2,(H,19,22). The van der Waals surface area contributed by atoms with Gasteiger partial charge in [-0.2, -0.15) is 0 Å². The maximum Gasteiger partial charge on any atom is 0.271 e. The molecule has 6 nitrogen and oxygen atoms in total. The number of rotatable bonds is 3. The minimum absolute atomic E-state index is 0.0857. The first-order valence-corrected chi connectivity index (χ1v) is 8.75. The fourth-order valence-corrected chi connectivity index (χ4v) is 4.17. The summed E-state index contributed by atoms with van der Waals surface area (Å²) >= 11 is 1.56. The summed E-state index contributed by atoms with van der Waals surface area (Å²) < 4.78 is 1.62. The average molecular weight is 340 g/mol. The van der Waals surface area contributed by atoms with Crippen molar-refractivity contribution in [1.29, 1.82) is 0 Å². The summed E-state index contributed by atoms with van der Waals surface area (Å²) in [5, 5.41) is 2.76. The molecule has 0 unspecified atom stereocenters. The van der Waals surface area contributed by atoms with Gasteiger partial charge in [0.05, 0.1) is 0 Å². The van der Waals surface area contributed by atoms with Gasteiger partial charge in [-0.1, -0.05) is 6.07 Å². The van der Waals surface area contributed by atoms with Crippen LogP contribution in [0.4, 0.5) is 0 Å². The van der Waals surface area contributed by atoms with Crippen molar-refractivity contribution in [2.24, 2.45) is 0 Å². The van der Waals surface area contributed by atoms with Crippen LogP contribution in [0.15, 0.2) is 35.5 Å². The quantitative estimate of drug-likeness (QED) is 0.791. The summed E-state index contributed by atoms with van der Waals surface area (Å²) in [5.74, 6) is -0.401. The molecular weight excluding hydrogens is 324 g/mol. The van der Waals surface area contributed by atoms with Crippen LogP contribution in [0, 0.1) is 0 Å². The molecule has 3 aromatic rings. The lowest BCUT2D eigenvalue weighted by molar-refractivity contribution is 0.0949. The lowest BCUT2D eigenvalue weighted by Gasteiger charge is -2.10. The highest BCUT2D eigenvalue weighted by molar-refractivity contribution is 7.17. The highest BCUT2D eigenvalue weighted by Crippen LogP contribution is 2.28. The molecule has 0 fully saturated rings. The summed E-state index contributed by atoms with van der Waals surface area (Å²) in [7, 11) is 0. The van der Waals surface area contributed by atoms with E-state index >= 15 is 0 Å². The largest absolute Gasteiger partial charge is 0.348 e. The van der Waals surface area contributed by atoms with Crippen LogP contribution in [0.5, 0.6) is 0 Å². The number of carbonyl (C=O) groups excluding carboxylic acids is 1. The fourth-order valence-electron chi connectivity index (χ4n) is 3.00. The molecule has 4 rings (SSSR count). The van der Waals surface area contributed by atoms with E-state index in [-0.39, 0.29) is 11.1 Å². The zero-order valence-electron chi connectivity index (χ0n) is 13.0. The van der Waals surface area contributed by atoms with Crippen LogP contribution >= 0.6 is 11.3 Å². The van der Waals surface area contributed by atoms with E-state index in [1.807, 2.05) is 12.1 Å². The second kappa shape index (κ2) is 6.16. The maximum absolute atomic E-state index is 12.8. The van der Waals surface area contributed by atoms with E-state index in [1.165, 1.54) is 11.1 Å². The average Bonchev–Trinajstić information content (AvgIpc) is 3.00. The Bertz CT molecular complexity index is 962. The predicted molar refractivity (Wildman–Crippen MR) is 91.4 cm³/mol. The second-order valence-corrected chi connectivity index (χ2v) is 6.88. The first-order chi connectivity index (χ1) is 11.7. The molecular formula is C17H16N4O2S. The molecule has 0 bridgehead atoms. The van der Waals surface area contributed by atoms with Crippen molar-refractivity contribution >= 4 is 22.2 Å². The number of aryl methyl sites for hydroxylation is 2. The Labute approximate surface area is 142 Å². The number of thiazole rings is 1. The molecule has 0 radical (unpaired) electrons. The number of hydrogen-bond donors (Lipinski definition) is 1. The Morgan fingerprint density at radius 2 is 2.17 bits per heavy atom. The molecule has 0 saturated heterocycles. The molecule has 0 aliphatic heterocycles. The van der Waals surface area contributed by atoms with Crippen LogP contribution < -0.4 is 10.9 Å². The Morgan fingerprint density at radius 3 is 3.00 bits per heavy atom. The van der Waals surface area contributed by atoms with Crippen LogP contribution in [-0.4, -0.2) is 20.3 Å². The van der Waals surface area contributed by atoms with Crippen molar-refractivity contribution in [3.63, 3.8) is 0 Å². The summed E-state index contributed by atoms with van der Waals surface area (Å²) in [5.41, 5.74) is 1.72. The zero-order valence-corrected chi connectivity index (χ0v) is 13.8. The minimum atomic E-state index is -0.401. The van der Waals surface area contributed by atoms with Gasteiger partial charge >= 0.3 is 0 Å². The molecule has 0 saturated carbocycles. The smallest absolute Gasteiger partial charge is 0.271 e. The molecule has 24 heavy (non-hydrogen) atoms. The first-order valence-electron chi connectivity index (χ1n) is 7.93. The molecule has 7 heteroatoms. The Kier molecular flexibility index (Phi) is 3.86. The van der Waals surface area contributed by atoms with Gasteiger partial charge in [0.25, 0.3) is 11.5 Å². The summed E-state index contributed by atoms with van der Waals surface area (Å²) in [6, 6.07) is 3.68. The van der Waals surface area contributed by atoms with Crippen molar-refractivity contribution in [1.82, 2.24) is 19.7 Å². The van der Waals surface area contributed by atoms with Crippen LogP contribution in [0.2, 0.25) is 0 Å². The van der Waals surface area contributed by atoms with E-state index in [0.717, 1.165) is 36.9 Å². The minimum Gasteiger partial charge on any atom is -0.348 e. The summed E-state index contributed by atoms with van der Waals surface area (Å²) in [4.78, 5) is 35.4. The Balaban J connectivity index is 1.65. The third-order valence-electron chi connectivity index (χ3n) is 4.22. The Morgan fingerprint density at radius 1 is 1.29 bits per heavy atom. The number of carbonyl (C=O) groups is 1. The second-order valence-electron chi connectivity index (χ2n) is 5.82. The van der Waals surface area contributed by atoms with Crippen LogP contribution in [0.25, 0.3) is 4.96 Å². The van der Waals surface area contributed by atoms with E-state index in [9.17, 15) is 9.59 Å². The third kappa shape index (κ3) is 2.60. The van der Waals surface area contributed by atoms with Gasteiger partial charge in [0.15, 0.2) is 4.96 Å². The van der Waals surface area contributed by atoms with Gasteiger partial charge in [0, 0.05) is 35.7 Å². The lowest BCUT2D eigenvalue weighted by Crippen LogP contribution is -2.31. The molecule has 1 amide bonds. The van der Waals surface area contributed by atoms with Gasteiger partial charge in [0.2, 0.25) is 0 Å². The first kappa shape index (κ1) is 15.0. The van der Waals surface area contributed by atoms with E-state index in [2.05, 4.69) is 15.3 Å². The fraction of sp³-hybridized carbons (Fsp3) is 0.294. The van der Waals surface area contributed by atoms with Crippen molar-refractivity contribution in [2.75, 3.05) is 0 Å². The van der Waals surface area contributed by atoms with Crippen molar-refractivity contribution in [3.05, 3.63) is 62.8 Å². The molecule has 1 N–H and O–H groups in total. The van der Waals surface area contributed by atoms with E-state index in [0.29, 0.717) is 11.5 Å². The number of nitrogens with one attached hydrogen (secondary N) is 1. The highest BCUT2D eigenvalue weighted by atomic mass is 32.1. The number of hydrogen-bond acceptors (Lipinski definition) is 5.